The second kappa shape index (κ2) is 11.6. The highest BCUT2D eigenvalue weighted by atomic mass is 16.4. The number of benzene rings is 2. The summed E-state index contributed by atoms with van der Waals surface area (Å²) in [6.45, 7) is 2.13. The molecular weight excluding hydrogens is 422 g/mol. The molecule has 3 rings (SSSR count). The third kappa shape index (κ3) is 6.63. The summed E-state index contributed by atoms with van der Waals surface area (Å²) in [6.07, 6.45) is 0.545. The molecule has 1 aliphatic heterocycles. The fourth-order valence-electron chi connectivity index (χ4n) is 4.06. The molecule has 0 saturated carbocycles. The number of aliphatic carboxylic acids is 1. The van der Waals surface area contributed by atoms with Gasteiger partial charge in [0.25, 0.3) is 5.91 Å². The fraction of sp³-hybridized carbons (Fsp3) is 0.400. The maximum atomic E-state index is 12.7. The molecule has 176 valence electrons. The summed E-state index contributed by atoms with van der Waals surface area (Å²) in [7, 11) is 0. The summed E-state index contributed by atoms with van der Waals surface area (Å²) in [6, 6.07) is 16.3. The first-order chi connectivity index (χ1) is 15.9. The van der Waals surface area contributed by atoms with Crippen molar-refractivity contribution in [2.45, 2.75) is 50.4 Å². The monoisotopic (exact) mass is 453 g/mol. The van der Waals surface area contributed by atoms with Gasteiger partial charge in [0.2, 0.25) is 5.91 Å². The first-order valence-electron chi connectivity index (χ1n) is 11.2. The predicted octanol–water partition coefficient (Wildman–Crippen LogP) is 1.44. The molecule has 0 aliphatic carbocycles. The van der Waals surface area contributed by atoms with Crippen LogP contribution in [0.4, 0.5) is 0 Å². The van der Waals surface area contributed by atoms with Crippen molar-refractivity contribution in [3.8, 4) is 0 Å². The van der Waals surface area contributed by atoms with E-state index in [2.05, 4.69) is 10.6 Å². The van der Waals surface area contributed by atoms with Gasteiger partial charge in [0, 0.05) is 18.7 Å². The summed E-state index contributed by atoms with van der Waals surface area (Å²) in [5.74, 6) is -1.60. The number of carbonyl (C=O) groups excluding carboxylic acids is 2. The van der Waals surface area contributed by atoms with E-state index in [9.17, 15) is 24.6 Å². The Labute approximate surface area is 193 Å². The normalized spacial score (nSPS) is 18.4. The highest BCUT2D eigenvalue weighted by Crippen LogP contribution is 2.18. The van der Waals surface area contributed by atoms with Crippen LogP contribution in [0.25, 0.3) is 0 Å². The van der Waals surface area contributed by atoms with Crippen molar-refractivity contribution in [2.75, 3.05) is 13.1 Å². The number of nitrogens with one attached hydrogen (secondary N) is 2. The van der Waals surface area contributed by atoms with Gasteiger partial charge in [0.05, 0.1) is 18.2 Å². The largest absolute Gasteiger partial charge is 0.480 e. The zero-order chi connectivity index (χ0) is 23.8. The average Bonchev–Trinajstić information content (AvgIpc) is 3.33. The molecule has 1 aliphatic rings. The number of rotatable bonds is 10. The molecule has 8 heteroatoms. The van der Waals surface area contributed by atoms with Crippen LogP contribution in [0.2, 0.25) is 0 Å². The lowest BCUT2D eigenvalue weighted by Gasteiger charge is -2.28. The average molecular weight is 454 g/mol. The van der Waals surface area contributed by atoms with Gasteiger partial charge in [-0.05, 0) is 43.9 Å². The maximum absolute atomic E-state index is 12.7. The van der Waals surface area contributed by atoms with Crippen LogP contribution in [0.5, 0.6) is 0 Å². The quantitative estimate of drug-likeness (QED) is 0.432. The van der Waals surface area contributed by atoms with Crippen LogP contribution < -0.4 is 10.6 Å². The zero-order valence-corrected chi connectivity index (χ0v) is 18.7. The highest BCUT2D eigenvalue weighted by Gasteiger charge is 2.36. The molecule has 8 nitrogen and oxygen atoms in total. The van der Waals surface area contributed by atoms with Gasteiger partial charge in [-0.15, -0.1) is 0 Å². The molecule has 0 radical (unpaired) electrons. The summed E-state index contributed by atoms with van der Waals surface area (Å²) >= 11 is 0. The number of hydrogen-bond donors (Lipinski definition) is 4. The van der Waals surface area contributed by atoms with Crippen molar-refractivity contribution in [3.05, 3.63) is 71.8 Å². The van der Waals surface area contributed by atoms with Gasteiger partial charge >= 0.3 is 5.97 Å². The van der Waals surface area contributed by atoms with E-state index in [1.807, 2.05) is 36.4 Å². The van der Waals surface area contributed by atoms with Gasteiger partial charge in [0.1, 0.15) is 6.04 Å². The lowest BCUT2D eigenvalue weighted by Crippen LogP contribution is -2.53. The third-order valence-electron chi connectivity index (χ3n) is 5.94. The molecule has 4 N–H and O–H groups in total. The Bertz CT molecular complexity index is 938. The number of nitrogens with zero attached hydrogens (tertiary/aromatic N) is 1. The second-order valence-electron chi connectivity index (χ2n) is 8.36. The van der Waals surface area contributed by atoms with Gasteiger partial charge < -0.3 is 25.7 Å². The summed E-state index contributed by atoms with van der Waals surface area (Å²) in [5, 5.41) is 26.2. The Hall–Kier alpha value is -3.23. The number of likely N-dealkylation sites (tertiary alicyclic amines) is 1. The van der Waals surface area contributed by atoms with Crippen molar-refractivity contribution in [3.63, 3.8) is 0 Å². The van der Waals surface area contributed by atoms with Crippen molar-refractivity contribution in [2.24, 2.45) is 0 Å². The molecule has 0 spiro atoms. The molecular formula is C25H31N3O5. The van der Waals surface area contributed by atoms with E-state index in [4.69, 9.17) is 0 Å². The number of carboxylic acid groups (broad SMARTS) is 1. The molecule has 1 saturated heterocycles. The third-order valence-corrected chi connectivity index (χ3v) is 5.94. The molecule has 0 aromatic heterocycles. The van der Waals surface area contributed by atoms with Crippen LogP contribution >= 0.6 is 0 Å². The number of hydrogen-bond acceptors (Lipinski definition) is 5. The van der Waals surface area contributed by atoms with Crippen molar-refractivity contribution >= 4 is 17.8 Å². The standard InChI is InChI=1S/C25H31N3O5/c1-17(24(31)28-14-8-13-21(28)25(32)33)26-16-22(29)20(15-18-9-4-2-5-10-18)27-23(30)19-11-6-3-7-12-19/h2-7,9-12,17,20-22,26,29H,8,13-16H2,1H3,(H,27,30)(H,32,33)/t17-,20?,21-,22?/m0/s1. The van der Waals surface area contributed by atoms with Crippen LogP contribution in [0.1, 0.15) is 35.7 Å². The van der Waals surface area contributed by atoms with E-state index < -0.39 is 30.2 Å². The lowest BCUT2D eigenvalue weighted by molar-refractivity contribution is -0.148. The molecule has 4 atom stereocenters. The maximum Gasteiger partial charge on any atom is 0.326 e. The smallest absolute Gasteiger partial charge is 0.326 e. The summed E-state index contributed by atoms with van der Waals surface area (Å²) < 4.78 is 0. The minimum absolute atomic E-state index is 0.0606. The number of aliphatic hydroxyl groups excluding tert-OH is 1. The van der Waals surface area contributed by atoms with Gasteiger partial charge in [0.15, 0.2) is 0 Å². The molecule has 2 amide bonds. The molecule has 1 heterocycles. The summed E-state index contributed by atoms with van der Waals surface area (Å²) in [4.78, 5) is 38.2. The van der Waals surface area contributed by atoms with Crippen molar-refractivity contribution < 1.29 is 24.6 Å². The first kappa shape index (κ1) is 24.4. The van der Waals surface area contributed by atoms with E-state index in [1.165, 1.54) is 4.90 Å². The molecule has 0 bridgehead atoms. The van der Waals surface area contributed by atoms with E-state index in [0.717, 1.165) is 5.56 Å². The van der Waals surface area contributed by atoms with Crippen LogP contribution in [-0.4, -0.2) is 70.2 Å². The zero-order valence-electron chi connectivity index (χ0n) is 18.7. The minimum atomic E-state index is -1.00. The lowest BCUT2D eigenvalue weighted by atomic mass is 10.00. The van der Waals surface area contributed by atoms with E-state index in [-0.39, 0.29) is 18.4 Å². The second-order valence-corrected chi connectivity index (χ2v) is 8.36. The summed E-state index contributed by atoms with van der Waals surface area (Å²) in [5.41, 5.74) is 1.45. The first-order valence-corrected chi connectivity index (χ1v) is 11.2. The SMILES string of the molecule is C[C@H](NCC(O)C(Cc1ccccc1)NC(=O)c1ccccc1)C(=O)N1CCC[C@H]1C(=O)O. The van der Waals surface area contributed by atoms with Gasteiger partial charge in [-0.2, -0.15) is 0 Å². The molecule has 2 aromatic carbocycles. The number of carbonyl (C=O) groups is 3. The Kier molecular flexibility index (Phi) is 8.57. The van der Waals surface area contributed by atoms with E-state index >= 15 is 0 Å². The number of amides is 2. The van der Waals surface area contributed by atoms with Crippen LogP contribution in [0.3, 0.4) is 0 Å². The van der Waals surface area contributed by atoms with E-state index in [0.29, 0.717) is 31.4 Å². The van der Waals surface area contributed by atoms with Crippen LogP contribution in [0.15, 0.2) is 60.7 Å². The fourth-order valence-corrected chi connectivity index (χ4v) is 4.06. The van der Waals surface area contributed by atoms with Crippen LogP contribution in [0, 0.1) is 0 Å². The number of carboxylic acids is 1. The number of aliphatic hydroxyl groups is 1. The van der Waals surface area contributed by atoms with Gasteiger partial charge in [-0.1, -0.05) is 48.5 Å². The molecule has 2 unspecified atom stereocenters. The minimum Gasteiger partial charge on any atom is -0.480 e. The predicted molar refractivity (Wildman–Crippen MR) is 124 cm³/mol. The van der Waals surface area contributed by atoms with Crippen LogP contribution in [-0.2, 0) is 16.0 Å². The molecule has 1 fully saturated rings. The Morgan fingerprint density at radius 1 is 1.06 bits per heavy atom. The van der Waals surface area contributed by atoms with E-state index in [1.54, 1.807) is 31.2 Å². The highest BCUT2D eigenvalue weighted by molar-refractivity contribution is 5.94. The Morgan fingerprint density at radius 2 is 1.70 bits per heavy atom. The molecule has 2 aromatic rings. The Balaban J connectivity index is 1.63. The van der Waals surface area contributed by atoms with Crippen molar-refractivity contribution in [1.29, 1.82) is 0 Å². The van der Waals surface area contributed by atoms with Gasteiger partial charge in [-0.3, -0.25) is 9.59 Å². The Morgan fingerprint density at radius 3 is 2.33 bits per heavy atom. The van der Waals surface area contributed by atoms with Gasteiger partial charge in [-0.25, -0.2) is 4.79 Å². The molecule has 33 heavy (non-hydrogen) atoms. The topological polar surface area (TPSA) is 119 Å². The van der Waals surface area contributed by atoms with Crippen molar-refractivity contribution in [1.82, 2.24) is 15.5 Å².